The first kappa shape index (κ1) is 33.5. The van der Waals surface area contributed by atoms with Crippen molar-refractivity contribution in [2.45, 2.75) is 0 Å². The predicted octanol–water partition coefficient (Wildman–Crippen LogP) is 14.0. The van der Waals surface area contributed by atoms with Gasteiger partial charge < -0.3 is 4.57 Å². The van der Waals surface area contributed by atoms with Gasteiger partial charge in [-0.2, -0.15) is 9.97 Å². The Morgan fingerprint density at radius 2 is 0.917 bits per heavy atom. The molecule has 13 rings (SSSR count). The lowest BCUT2D eigenvalue weighted by molar-refractivity contribution is 0.953. The van der Waals surface area contributed by atoms with E-state index in [4.69, 9.17) is 19.9 Å². The number of thiophene rings is 1. The number of nitrogens with zero attached hydrogens (tertiary/aromatic N) is 6. The first-order chi connectivity index (χ1) is 29.7. The van der Waals surface area contributed by atoms with Gasteiger partial charge in [-0.25, -0.2) is 9.97 Å². The van der Waals surface area contributed by atoms with E-state index in [1.807, 2.05) is 24.3 Å². The molecule has 0 aliphatic rings. The fraction of sp³-hybridized carbons (Fsp3) is 0. The second kappa shape index (κ2) is 13.0. The molecule has 8 heteroatoms. The maximum absolute atomic E-state index is 5.39. The summed E-state index contributed by atoms with van der Waals surface area (Å²) in [5, 5.41) is 8.11. The molecule has 280 valence electrons. The highest BCUT2D eigenvalue weighted by Gasteiger charge is 2.24. The molecule has 5 heterocycles. The molecule has 0 amide bonds. The van der Waals surface area contributed by atoms with Crippen molar-refractivity contribution in [1.29, 1.82) is 0 Å². The molecule has 0 bridgehead atoms. The van der Waals surface area contributed by atoms with Gasteiger partial charge in [-0.05, 0) is 60.7 Å². The molecule has 0 atom stereocenters. The molecule has 6 nitrogen and oxygen atoms in total. The fourth-order valence-corrected chi connectivity index (χ4v) is 11.0. The molecule has 0 fully saturated rings. The van der Waals surface area contributed by atoms with Crippen molar-refractivity contribution in [3.8, 4) is 45.0 Å². The predicted molar refractivity (Wildman–Crippen MR) is 251 cm³/mol. The van der Waals surface area contributed by atoms with Crippen molar-refractivity contribution in [2.75, 3.05) is 0 Å². The molecule has 5 aromatic heterocycles. The van der Waals surface area contributed by atoms with E-state index in [9.17, 15) is 0 Å². The van der Waals surface area contributed by atoms with Crippen LogP contribution in [0, 0.1) is 0 Å². The summed E-state index contributed by atoms with van der Waals surface area (Å²) in [7, 11) is 0. The average Bonchev–Trinajstić information content (AvgIpc) is 4.08. The largest absolute Gasteiger partial charge is 0.307 e. The second-order valence-corrected chi connectivity index (χ2v) is 17.2. The Hall–Kier alpha value is -7.52. The van der Waals surface area contributed by atoms with Gasteiger partial charge in [0.1, 0.15) is 5.01 Å². The zero-order valence-corrected chi connectivity index (χ0v) is 33.5. The topological polar surface area (TPSA) is 61.4 Å². The molecule has 13 aromatic rings. The number of benzene rings is 8. The van der Waals surface area contributed by atoms with Gasteiger partial charge in [0.05, 0.1) is 32.3 Å². The Morgan fingerprint density at radius 1 is 0.350 bits per heavy atom. The van der Waals surface area contributed by atoms with Crippen LogP contribution in [0.1, 0.15) is 0 Å². The van der Waals surface area contributed by atoms with Crippen LogP contribution >= 0.6 is 22.7 Å². The standard InChI is InChI=1S/C52H30N6S2/c1-2-12-31(13-3-1)49-54-50(33-24-27-38-37-16-6-10-20-44(37)59-46(38)30-33)56-52(55-49)58-43-19-9-5-15-36(43)40-29-28-39-35-14-4-8-18-42(35)57(47(39)48(40)58)34-25-22-32(23-26-34)51-53-41-17-7-11-21-45(41)60-51/h1-30H. The molecule has 0 radical (unpaired) electrons. The van der Waals surface area contributed by atoms with Crippen molar-refractivity contribution < 1.29 is 0 Å². The summed E-state index contributed by atoms with van der Waals surface area (Å²) < 4.78 is 8.32. The zero-order valence-electron chi connectivity index (χ0n) is 31.8. The number of rotatable bonds is 5. The number of hydrogen-bond donors (Lipinski definition) is 0. The van der Waals surface area contributed by atoms with Crippen LogP contribution in [0.4, 0.5) is 0 Å². The van der Waals surface area contributed by atoms with Crippen LogP contribution in [0.5, 0.6) is 0 Å². The summed E-state index contributed by atoms with van der Waals surface area (Å²) in [6, 6.07) is 64.4. The molecular formula is C52H30N6S2. The van der Waals surface area contributed by atoms with Crippen LogP contribution in [-0.4, -0.2) is 29.1 Å². The highest BCUT2D eigenvalue weighted by Crippen LogP contribution is 2.42. The second-order valence-electron chi connectivity index (χ2n) is 15.1. The minimum atomic E-state index is 0.567. The van der Waals surface area contributed by atoms with Gasteiger partial charge in [0, 0.05) is 64.1 Å². The molecular weight excluding hydrogens is 773 g/mol. The van der Waals surface area contributed by atoms with Gasteiger partial charge in [0.25, 0.3) is 0 Å². The van der Waals surface area contributed by atoms with Crippen molar-refractivity contribution >= 4 is 96.7 Å². The maximum Gasteiger partial charge on any atom is 0.238 e. The zero-order chi connectivity index (χ0) is 39.3. The molecule has 60 heavy (non-hydrogen) atoms. The van der Waals surface area contributed by atoms with E-state index in [-0.39, 0.29) is 0 Å². The van der Waals surface area contributed by atoms with Crippen LogP contribution in [0.25, 0.3) is 119 Å². The summed E-state index contributed by atoms with van der Waals surface area (Å²) in [5.41, 5.74) is 9.34. The van der Waals surface area contributed by atoms with Crippen LogP contribution in [-0.2, 0) is 0 Å². The van der Waals surface area contributed by atoms with Gasteiger partial charge in [-0.1, -0.05) is 121 Å². The molecule has 8 aromatic carbocycles. The third-order valence-corrected chi connectivity index (χ3v) is 13.8. The van der Waals surface area contributed by atoms with E-state index in [0.717, 1.165) is 71.1 Å². The Kier molecular flexibility index (Phi) is 7.24. The molecule has 0 saturated heterocycles. The lowest BCUT2D eigenvalue weighted by Gasteiger charge is -2.13. The molecule has 0 aliphatic heterocycles. The van der Waals surface area contributed by atoms with Gasteiger partial charge in [0.15, 0.2) is 11.6 Å². The van der Waals surface area contributed by atoms with Gasteiger partial charge in [0.2, 0.25) is 5.95 Å². The average molecular weight is 803 g/mol. The summed E-state index contributed by atoms with van der Waals surface area (Å²) in [6.07, 6.45) is 0. The minimum Gasteiger partial charge on any atom is -0.307 e. The highest BCUT2D eigenvalue weighted by atomic mass is 32.1. The number of thiazole rings is 1. The van der Waals surface area contributed by atoms with E-state index in [1.165, 1.54) is 30.3 Å². The van der Waals surface area contributed by atoms with E-state index >= 15 is 0 Å². The van der Waals surface area contributed by atoms with Crippen LogP contribution in [0.15, 0.2) is 182 Å². The van der Waals surface area contributed by atoms with E-state index in [0.29, 0.717) is 17.6 Å². The van der Waals surface area contributed by atoms with Gasteiger partial charge in [-0.15, -0.1) is 22.7 Å². The van der Waals surface area contributed by atoms with Gasteiger partial charge >= 0.3 is 0 Å². The third-order valence-electron chi connectivity index (χ3n) is 11.6. The lowest BCUT2D eigenvalue weighted by atomic mass is 10.1. The van der Waals surface area contributed by atoms with Crippen LogP contribution < -0.4 is 0 Å². The number of hydrogen-bond acceptors (Lipinski definition) is 6. The summed E-state index contributed by atoms with van der Waals surface area (Å²) in [6.45, 7) is 0. The summed E-state index contributed by atoms with van der Waals surface area (Å²) in [4.78, 5) is 20.8. The van der Waals surface area contributed by atoms with Crippen molar-refractivity contribution in [3.63, 3.8) is 0 Å². The van der Waals surface area contributed by atoms with Crippen molar-refractivity contribution in [3.05, 3.63) is 182 Å². The Bertz CT molecular complexity index is 3800. The Balaban J connectivity index is 1.09. The first-order valence-corrected chi connectivity index (χ1v) is 21.5. The molecule has 0 saturated carbocycles. The first-order valence-electron chi connectivity index (χ1n) is 19.9. The number of para-hydroxylation sites is 3. The van der Waals surface area contributed by atoms with E-state index in [1.54, 1.807) is 22.7 Å². The molecule has 0 unspecified atom stereocenters. The number of aromatic nitrogens is 6. The lowest BCUT2D eigenvalue weighted by Crippen LogP contribution is -2.07. The summed E-state index contributed by atoms with van der Waals surface area (Å²) >= 11 is 3.52. The highest BCUT2D eigenvalue weighted by molar-refractivity contribution is 7.25. The van der Waals surface area contributed by atoms with Crippen molar-refractivity contribution in [1.82, 2.24) is 29.1 Å². The Labute approximate surface area is 350 Å². The van der Waals surface area contributed by atoms with Crippen LogP contribution in [0.2, 0.25) is 0 Å². The number of fused-ring (bicyclic) bond motifs is 11. The quantitative estimate of drug-likeness (QED) is 0.174. The SMILES string of the molecule is c1ccc(-c2nc(-c3ccc4c(c3)sc3ccccc34)nc(-n3c4ccccc4c4ccc5c6ccccc6n(-c6ccc(-c7nc8ccccc8s7)cc6)c5c43)n2)cc1. The Morgan fingerprint density at radius 3 is 1.67 bits per heavy atom. The fourth-order valence-electron chi connectivity index (χ4n) is 8.90. The monoisotopic (exact) mass is 802 g/mol. The normalized spacial score (nSPS) is 12.0. The van der Waals surface area contributed by atoms with E-state index in [2.05, 4.69) is 167 Å². The molecule has 0 N–H and O–H groups in total. The van der Waals surface area contributed by atoms with Crippen LogP contribution in [0.3, 0.4) is 0 Å². The molecule has 0 aliphatic carbocycles. The van der Waals surface area contributed by atoms with Crippen molar-refractivity contribution in [2.24, 2.45) is 0 Å². The smallest absolute Gasteiger partial charge is 0.238 e. The maximum atomic E-state index is 5.39. The van der Waals surface area contributed by atoms with E-state index < -0.39 is 0 Å². The minimum absolute atomic E-state index is 0.567. The summed E-state index contributed by atoms with van der Waals surface area (Å²) in [5.74, 6) is 1.82. The third kappa shape index (κ3) is 5.05. The molecule has 0 spiro atoms. The van der Waals surface area contributed by atoms with Gasteiger partial charge in [-0.3, -0.25) is 4.57 Å².